The van der Waals surface area contributed by atoms with E-state index in [1.807, 2.05) is 30.3 Å². The molecule has 0 aliphatic carbocycles. The molecule has 2 bridgehead atoms. The van der Waals surface area contributed by atoms with Crippen molar-refractivity contribution in [2.24, 2.45) is 11.8 Å². The Morgan fingerprint density at radius 3 is 2.72 bits per heavy atom. The van der Waals surface area contributed by atoms with E-state index in [4.69, 9.17) is 9.47 Å². The van der Waals surface area contributed by atoms with Crippen LogP contribution in [0.5, 0.6) is 11.5 Å². The molecule has 4 aromatic carbocycles. The third-order valence-electron chi connectivity index (χ3n) is 9.00. The van der Waals surface area contributed by atoms with Gasteiger partial charge in [-0.15, -0.1) is 6.58 Å². The Bertz CT molecular complexity index is 1590. The predicted molar refractivity (Wildman–Crippen MR) is 158 cm³/mol. The molecule has 5 heteroatoms. The summed E-state index contributed by atoms with van der Waals surface area (Å²) in [6.07, 6.45) is 5.25. The number of aliphatic hydroxyl groups is 1. The molecular weight excluding hydrogens is 484 g/mol. The number of hydrogen-bond donors (Lipinski definition) is 2. The molecule has 0 saturated carbocycles. The summed E-state index contributed by atoms with van der Waals surface area (Å²) in [6.45, 7) is 6.05. The molecule has 4 aliphatic heterocycles. The zero-order chi connectivity index (χ0) is 26.5. The van der Waals surface area contributed by atoms with Gasteiger partial charge >= 0.3 is 0 Å². The highest BCUT2D eigenvalue weighted by Crippen LogP contribution is 2.43. The summed E-state index contributed by atoms with van der Waals surface area (Å²) < 4.78 is 12.2. The van der Waals surface area contributed by atoms with Gasteiger partial charge in [-0.1, -0.05) is 54.6 Å². The maximum absolute atomic E-state index is 11.9. The SMILES string of the molecule is C=C[C@H]1CN2CC[C@H]1C[C@@H]2[C@@H](O)C1=CC(Oc2cccc3c2ccc2ccccc23)Nc2ccc(OC)cc21. The van der Waals surface area contributed by atoms with E-state index in [1.54, 1.807) is 7.11 Å². The zero-order valence-electron chi connectivity index (χ0n) is 22.2. The first kappa shape index (κ1) is 24.3. The number of nitrogens with zero attached hydrogens (tertiary/aromatic N) is 1. The summed E-state index contributed by atoms with van der Waals surface area (Å²) in [6, 6.07) is 25.0. The molecule has 4 aromatic rings. The second-order valence-electron chi connectivity index (χ2n) is 11.0. The van der Waals surface area contributed by atoms with Crippen LogP contribution in [-0.2, 0) is 0 Å². The first-order chi connectivity index (χ1) is 19.1. The number of aliphatic hydroxyl groups excluding tert-OH is 1. The van der Waals surface area contributed by atoms with Gasteiger partial charge in [0.15, 0.2) is 6.23 Å². The smallest absolute Gasteiger partial charge is 0.190 e. The minimum atomic E-state index is -0.630. The normalized spacial score (nSPS) is 26.4. The number of methoxy groups -OCH3 is 1. The lowest BCUT2D eigenvalue weighted by Crippen LogP contribution is -2.57. The van der Waals surface area contributed by atoms with E-state index in [1.165, 1.54) is 22.6 Å². The first-order valence-electron chi connectivity index (χ1n) is 13.9. The van der Waals surface area contributed by atoms with E-state index in [0.717, 1.165) is 53.2 Å². The molecule has 0 aromatic heterocycles. The molecule has 2 unspecified atom stereocenters. The zero-order valence-corrected chi connectivity index (χ0v) is 22.2. The van der Waals surface area contributed by atoms with Crippen LogP contribution in [0.2, 0.25) is 0 Å². The van der Waals surface area contributed by atoms with Crippen molar-refractivity contribution in [2.45, 2.75) is 31.2 Å². The number of rotatable bonds is 6. The van der Waals surface area contributed by atoms with E-state index in [0.29, 0.717) is 11.8 Å². The molecule has 4 aliphatic rings. The lowest BCUT2D eigenvalue weighted by Gasteiger charge is -2.51. The Morgan fingerprint density at radius 1 is 1.03 bits per heavy atom. The number of benzene rings is 4. The average Bonchev–Trinajstić information content (AvgIpc) is 3.00. The van der Waals surface area contributed by atoms with Crippen molar-refractivity contribution in [2.75, 3.05) is 25.5 Å². The number of nitrogens with one attached hydrogen (secondary N) is 1. The monoisotopic (exact) mass is 518 g/mol. The van der Waals surface area contributed by atoms with Gasteiger partial charge in [0.1, 0.15) is 11.5 Å². The summed E-state index contributed by atoms with van der Waals surface area (Å²) >= 11 is 0. The van der Waals surface area contributed by atoms with Crippen LogP contribution in [0.1, 0.15) is 18.4 Å². The summed E-state index contributed by atoms with van der Waals surface area (Å²) in [7, 11) is 1.68. The van der Waals surface area contributed by atoms with Crippen molar-refractivity contribution in [1.29, 1.82) is 0 Å². The van der Waals surface area contributed by atoms with Crippen molar-refractivity contribution in [3.63, 3.8) is 0 Å². The van der Waals surface area contributed by atoms with E-state index >= 15 is 0 Å². The second kappa shape index (κ2) is 9.74. The molecular formula is C34H34N2O3. The number of ether oxygens (including phenoxy) is 2. The van der Waals surface area contributed by atoms with Gasteiger partial charge in [0.25, 0.3) is 0 Å². The van der Waals surface area contributed by atoms with Crippen LogP contribution in [0, 0.1) is 11.8 Å². The van der Waals surface area contributed by atoms with Gasteiger partial charge in [0.05, 0.1) is 13.2 Å². The Labute approximate surface area is 229 Å². The van der Waals surface area contributed by atoms with Crippen LogP contribution < -0.4 is 14.8 Å². The van der Waals surface area contributed by atoms with Gasteiger partial charge in [0.2, 0.25) is 0 Å². The van der Waals surface area contributed by atoms with Gasteiger partial charge in [-0.05, 0) is 83.3 Å². The van der Waals surface area contributed by atoms with Crippen LogP contribution in [0.25, 0.3) is 27.1 Å². The molecule has 2 N–H and O–H groups in total. The van der Waals surface area contributed by atoms with Crippen LogP contribution in [0.3, 0.4) is 0 Å². The molecule has 3 fully saturated rings. The summed E-state index contributed by atoms with van der Waals surface area (Å²) in [4.78, 5) is 2.45. The molecule has 39 heavy (non-hydrogen) atoms. The van der Waals surface area contributed by atoms with Crippen molar-refractivity contribution < 1.29 is 14.6 Å². The molecule has 0 spiro atoms. The van der Waals surface area contributed by atoms with Crippen molar-refractivity contribution in [3.05, 3.63) is 97.1 Å². The molecule has 5 nitrogen and oxygen atoms in total. The standard InChI is InChI=1S/C34H34N2O3/c1-3-21-20-36-16-15-23(21)17-31(36)34(37)29-19-33(35-30-14-12-24(38-2)18-28(29)30)39-32-10-6-9-26-25-8-5-4-7-22(25)11-13-27(26)32/h3-14,18-19,21,23,31,33-35,37H,1,15-17,20H2,2H3/t21-,23-,31+,33?,34-/m0/s1. The molecule has 3 saturated heterocycles. The highest BCUT2D eigenvalue weighted by atomic mass is 16.5. The van der Waals surface area contributed by atoms with Crippen molar-refractivity contribution >= 4 is 32.8 Å². The topological polar surface area (TPSA) is 54.0 Å². The number of fused-ring (bicyclic) bond motifs is 7. The number of hydrogen-bond acceptors (Lipinski definition) is 5. The van der Waals surface area contributed by atoms with Crippen LogP contribution in [-0.4, -0.2) is 48.6 Å². The largest absolute Gasteiger partial charge is 0.497 e. The van der Waals surface area contributed by atoms with E-state index in [-0.39, 0.29) is 6.04 Å². The Balaban J connectivity index is 1.26. The molecule has 0 radical (unpaired) electrons. The average molecular weight is 519 g/mol. The van der Waals surface area contributed by atoms with E-state index in [2.05, 4.69) is 71.4 Å². The third-order valence-corrected chi connectivity index (χ3v) is 9.00. The van der Waals surface area contributed by atoms with Gasteiger partial charge in [-0.3, -0.25) is 4.90 Å². The highest BCUT2D eigenvalue weighted by molar-refractivity contribution is 6.09. The quantitative estimate of drug-likeness (QED) is 0.226. The van der Waals surface area contributed by atoms with Crippen LogP contribution in [0.15, 0.2) is 91.5 Å². The second-order valence-corrected chi connectivity index (χ2v) is 11.0. The fraction of sp³-hybridized carbons (Fsp3) is 0.294. The van der Waals surface area contributed by atoms with Gasteiger partial charge in [0, 0.05) is 29.2 Å². The Kier molecular flexibility index (Phi) is 6.06. The van der Waals surface area contributed by atoms with Gasteiger partial charge in [-0.25, -0.2) is 0 Å². The maximum Gasteiger partial charge on any atom is 0.190 e. The Hall–Kier alpha value is -3.80. The molecule has 0 amide bonds. The highest BCUT2D eigenvalue weighted by Gasteiger charge is 2.43. The van der Waals surface area contributed by atoms with E-state index in [9.17, 15) is 5.11 Å². The lowest BCUT2D eigenvalue weighted by atomic mass is 9.73. The molecule has 6 atom stereocenters. The van der Waals surface area contributed by atoms with Crippen molar-refractivity contribution in [3.8, 4) is 11.5 Å². The molecule has 198 valence electrons. The van der Waals surface area contributed by atoms with Crippen LogP contribution in [0.4, 0.5) is 5.69 Å². The van der Waals surface area contributed by atoms with Gasteiger partial charge in [-0.2, -0.15) is 0 Å². The predicted octanol–water partition coefficient (Wildman–Crippen LogP) is 6.47. The summed E-state index contributed by atoms with van der Waals surface area (Å²) in [5.74, 6) is 2.67. The summed E-state index contributed by atoms with van der Waals surface area (Å²) in [5.41, 5.74) is 2.79. The lowest BCUT2D eigenvalue weighted by molar-refractivity contribution is -0.0255. The third kappa shape index (κ3) is 4.17. The molecule has 4 heterocycles. The molecule has 8 rings (SSSR count). The minimum Gasteiger partial charge on any atom is -0.497 e. The Morgan fingerprint density at radius 2 is 1.90 bits per heavy atom. The number of anilines is 1. The van der Waals surface area contributed by atoms with Crippen LogP contribution >= 0.6 is 0 Å². The van der Waals surface area contributed by atoms with Gasteiger partial charge < -0.3 is 19.9 Å². The fourth-order valence-corrected chi connectivity index (χ4v) is 6.95. The number of piperidine rings is 3. The minimum absolute atomic E-state index is 0.0768. The first-order valence-corrected chi connectivity index (χ1v) is 13.9. The fourth-order valence-electron chi connectivity index (χ4n) is 6.95. The van der Waals surface area contributed by atoms with E-state index < -0.39 is 12.3 Å². The maximum atomic E-state index is 11.9. The summed E-state index contributed by atoms with van der Waals surface area (Å²) in [5, 5.41) is 20.1. The van der Waals surface area contributed by atoms with Crippen molar-refractivity contribution in [1.82, 2.24) is 4.90 Å².